The third-order valence-electron chi connectivity index (χ3n) is 5.13. The summed E-state index contributed by atoms with van der Waals surface area (Å²) >= 11 is 0. The number of hydrogen-bond acceptors (Lipinski definition) is 2. The quantitative estimate of drug-likeness (QED) is 0.536. The molecule has 0 fully saturated rings. The molecule has 0 saturated carbocycles. The lowest BCUT2D eigenvalue weighted by molar-refractivity contribution is -0.121. The van der Waals surface area contributed by atoms with Gasteiger partial charge in [-0.05, 0) is 34.4 Å². The number of hydrogen-bond donors (Lipinski definition) is 2. The number of nitrogens with one attached hydrogen (secondary N) is 1. The molecular formula is C21H18N2O. The van der Waals surface area contributed by atoms with Gasteiger partial charge in [-0.1, -0.05) is 60.7 Å². The highest BCUT2D eigenvalue weighted by Gasteiger charge is 2.31. The smallest absolute Gasteiger partial charge is 0.101 e. The summed E-state index contributed by atoms with van der Waals surface area (Å²) in [5.41, 5.74) is 4.72. The minimum atomic E-state index is -0.160. The summed E-state index contributed by atoms with van der Waals surface area (Å²) in [5.74, 6) is 0. The zero-order valence-electron chi connectivity index (χ0n) is 13.2. The first kappa shape index (κ1) is 13.8. The van der Waals surface area contributed by atoms with Gasteiger partial charge in [0.2, 0.25) is 0 Å². The number of aromatic amines is 1. The molecule has 1 atom stereocenters. The Hall–Kier alpha value is -2.62. The third-order valence-corrected chi connectivity index (χ3v) is 5.13. The number of hydroxylamine groups is 2. The van der Waals surface area contributed by atoms with Crippen molar-refractivity contribution in [1.82, 2.24) is 10.0 Å². The molecule has 0 amide bonds. The van der Waals surface area contributed by atoms with E-state index in [1.165, 1.54) is 26.8 Å². The number of nitrogens with zero attached hydrogens (tertiary/aromatic N) is 1. The van der Waals surface area contributed by atoms with Gasteiger partial charge >= 0.3 is 0 Å². The van der Waals surface area contributed by atoms with E-state index in [1.807, 2.05) is 6.07 Å². The van der Waals surface area contributed by atoms with Crippen molar-refractivity contribution in [3.63, 3.8) is 0 Å². The van der Waals surface area contributed by atoms with E-state index < -0.39 is 0 Å². The monoisotopic (exact) mass is 314 g/mol. The predicted molar refractivity (Wildman–Crippen MR) is 96.3 cm³/mol. The van der Waals surface area contributed by atoms with Crippen LogP contribution in [-0.2, 0) is 6.42 Å². The Morgan fingerprint density at radius 2 is 1.62 bits per heavy atom. The molecule has 2 N–H and O–H groups in total. The molecule has 24 heavy (non-hydrogen) atoms. The molecule has 0 bridgehead atoms. The summed E-state index contributed by atoms with van der Waals surface area (Å²) < 4.78 is 0. The van der Waals surface area contributed by atoms with Gasteiger partial charge in [0.05, 0.1) is 0 Å². The van der Waals surface area contributed by atoms with Crippen LogP contribution < -0.4 is 0 Å². The topological polar surface area (TPSA) is 39.3 Å². The SMILES string of the molecule is ON1CCc2c([nH]c3ccccc23)C1c1cccc2ccccc12. The van der Waals surface area contributed by atoms with Gasteiger partial charge in [-0.25, -0.2) is 0 Å². The fourth-order valence-corrected chi connectivity index (χ4v) is 4.03. The van der Waals surface area contributed by atoms with E-state index in [-0.39, 0.29) is 6.04 Å². The van der Waals surface area contributed by atoms with Crippen LogP contribution in [-0.4, -0.2) is 21.8 Å². The highest BCUT2D eigenvalue weighted by molar-refractivity contribution is 5.88. The Morgan fingerprint density at radius 1 is 0.875 bits per heavy atom. The molecular weight excluding hydrogens is 296 g/mol. The van der Waals surface area contributed by atoms with Crippen LogP contribution in [0.1, 0.15) is 22.9 Å². The lowest BCUT2D eigenvalue weighted by atomic mass is 9.91. The molecule has 0 radical (unpaired) electrons. The lowest BCUT2D eigenvalue weighted by Gasteiger charge is -2.32. The number of para-hydroxylation sites is 1. The Balaban J connectivity index is 1.79. The first-order valence-electron chi connectivity index (χ1n) is 8.35. The summed E-state index contributed by atoms with van der Waals surface area (Å²) in [6, 6.07) is 22.9. The van der Waals surface area contributed by atoms with Crippen molar-refractivity contribution in [1.29, 1.82) is 0 Å². The number of benzene rings is 3. The standard InChI is InChI=1S/C21H18N2O/c24-23-13-12-17-16-9-3-4-11-19(16)22-20(17)21(23)18-10-5-7-14-6-1-2-8-15(14)18/h1-11,21-22,24H,12-13H2. The maximum atomic E-state index is 10.7. The molecule has 118 valence electrons. The third kappa shape index (κ3) is 1.92. The zero-order chi connectivity index (χ0) is 16.1. The van der Waals surface area contributed by atoms with Crippen LogP contribution in [0.4, 0.5) is 0 Å². The fraction of sp³-hybridized carbons (Fsp3) is 0.143. The molecule has 1 aromatic heterocycles. The van der Waals surface area contributed by atoms with Crippen molar-refractivity contribution >= 4 is 21.7 Å². The minimum absolute atomic E-state index is 0.160. The number of rotatable bonds is 1. The second kappa shape index (κ2) is 5.20. The molecule has 3 aromatic carbocycles. The average Bonchev–Trinajstić information content (AvgIpc) is 3.00. The molecule has 5 rings (SSSR count). The summed E-state index contributed by atoms with van der Waals surface area (Å²) in [4.78, 5) is 3.56. The molecule has 0 saturated heterocycles. The normalized spacial score (nSPS) is 18.1. The molecule has 0 spiro atoms. The maximum absolute atomic E-state index is 10.7. The second-order valence-corrected chi connectivity index (χ2v) is 6.45. The van der Waals surface area contributed by atoms with Crippen LogP contribution in [0.25, 0.3) is 21.7 Å². The molecule has 1 aliphatic heterocycles. The van der Waals surface area contributed by atoms with Gasteiger partial charge in [-0.15, -0.1) is 0 Å². The Labute approximate surface area is 140 Å². The summed E-state index contributed by atoms with van der Waals surface area (Å²) in [6.07, 6.45) is 0.858. The van der Waals surface area contributed by atoms with Crippen LogP contribution in [0.3, 0.4) is 0 Å². The van der Waals surface area contributed by atoms with Gasteiger partial charge in [0.15, 0.2) is 0 Å². The lowest BCUT2D eigenvalue weighted by Crippen LogP contribution is -2.33. The van der Waals surface area contributed by atoms with Crippen molar-refractivity contribution in [2.24, 2.45) is 0 Å². The number of fused-ring (bicyclic) bond motifs is 4. The maximum Gasteiger partial charge on any atom is 0.101 e. The first-order chi connectivity index (χ1) is 11.8. The molecule has 1 aliphatic rings. The van der Waals surface area contributed by atoms with Gasteiger partial charge < -0.3 is 10.2 Å². The van der Waals surface area contributed by atoms with Crippen molar-refractivity contribution in [2.45, 2.75) is 12.5 Å². The van der Waals surface area contributed by atoms with E-state index >= 15 is 0 Å². The van der Waals surface area contributed by atoms with Crippen molar-refractivity contribution in [3.05, 3.63) is 83.6 Å². The molecule has 3 heteroatoms. The minimum Gasteiger partial charge on any atom is -0.356 e. The van der Waals surface area contributed by atoms with Crippen molar-refractivity contribution < 1.29 is 5.21 Å². The van der Waals surface area contributed by atoms with E-state index in [4.69, 9.17) is 0 Å². The van der Waals surface area contributed by atoms with Gasteiger partial charge in [0, 0.05) is 23.1 Å². The second-order valence-electron chi connectivity index (χ2n) is 6.45. The van der Waals surface area contributed by atoms with E-state index in [0.717, 1.165) is 23.2 Å². The Morgan fingerprint density at radius 3 is 2.54 bits per heavy atom. The van der Waals surface area contributed by atoms with Gasteiger partial charge in [-0.2, -0.15) is 5.06 Å². The fourth-order valence-electron chi connectivity index (χ4n) is 4.03. The number of H-pyrrole nitrogens is 1. The van der Waals surface area contributed by atoms with Crippen LogP contribution in [0.15, 0.2) is 66.7 Å². The summed E-state index contributed by atoms with van der Waals surface area (Å²) in [7, 11) is 0. The molecule has 2 heterocycles. The highest BCUT2D eigenvalue weighted by atomic mass is 16.5. The molecule has 0 aliphatic carbocycles. The molecule has 4 aromatic rings. The van der Waals surface area contributed by atoms with Gasteiger partial charge in [-0.3, -0.25) is 0 Å². The van der Waals surface area contributed by atoms with Crippen LogP contribution in [0, 0.1) is 0 Å². The highest BCUT2D eigenvalue weighted by Crippen LogP contribution is 2.39. The first-order valence-corrected chi connectivity index (χ1v) is 8.35. The van der Waals surface area contributed by atoms with E-state index in [9.17, 15) is 5.21 Å². The largest absolute Gasteiger partial charge is 0.356 e. The zero-order valence-corrected chi connectivity index (χ0v) is 13.2. The average molecular weight is 314 g/mol. The summed E-state index contributed by atoms with van der Waals surface area (Å²) in [6.45, 7) is 0.642. The van der Waals surface area contributed by atoms with E-state index in [1.54, 1.807) is 0 Å². The molecule has 3 nitrogen and oxygen atoms in total. The van der Waals surface area contributed by atoms with Crippen LogP contribution >= 0.6 is 0 Å². The number of aromatic nitrogens is 1. The van der Waals surface area contributed by atoms with Crippen LogP contribution in [0.5, 0.6) is 0 Å². The predicted octanol–water partition coefficient (Wildman–Crippen LogP) is 4.66. The van der Waals surface area contributed by atoms with Gasteiger partial charge in [0.1, 0.15) is 6.04 Å². The Bertz CT molecular complexity index is 1040. The Kier molecular flexibility index (Phi) is 2.98. The molecule has 1 unspecified atom stereocenters. The van der Waals surface area contributed by atoms with E-state index in [0.29, 0.717) is 6.54 Å². The van der Waals surface area contributed by atoms with Crippen LogP contribution in [0.2, 0.25) is 0 Å². The van der Waals surface area contributed by atoms with Crippen molar-refractivity contribution in [2.75, 3.05) is 6.54 Å². The summed E-state index contributed by atoms with van der Waals surface area (Å²) in [5, 5.41) is 15.8. The van der Waals surface area contributed by atoms with E-state index in [2.05, 4.69) is 65.6 Å². The van der Waals surface area contributed by atoms with Crippen molar-refractivity contribution in [3.8, 4) is 0 Å². The van der Waals surface area contributed by atoms with Gasteiger partial charge in [0.25, 0.3) is 0 Å².